The predicted octanol–water partition coefficient (Wildman–Crippen LogP) is 4.72. The van der Waals surface area contributed by atoms with Crippen LogP contribution in [0.1, 0.15) is 51.4 Å². The van der Waals surface area contributed by atoms with Gasteiger partial charge in [-0.1, -0.05) is 51.1 Å². The number of hydrogen-bond acceptors (Lipinski definition) is 2. The molecule has 0 saturated carbocycles. The lowest BCUT2D eigenvalue weighted by Crippen LogP contribution is -2.16. The summed E-state index contributed by atoms with van der Waals surface area (Å²) in [5, 5.41) is 0. The van der Waals surface area contributed by atoms with Crippen LogP contribution < -0.4 is 0 Å². The quantitative estimate of drug-likeness (QED) is 0.202. The first-order chi connectivity index (χ1) is 9.45. The van der Waals surface area contributed by atoms with Gasteiger partial charge in [0.15, 0.2) is 0 Å². The second kappa shape index (κ2) is 11.8. The molecule has 0 fully saturated rings. The van der Waals surface area contributed by atoms with E-state index in [9.17, 15) is 4.79 Å². The lowest BCUT2D eigenvalue weighted by Gasteiger charge is -2.02. The fraction of sp³-hybridized carbons (Fsp3) is 0.706. The minimum atomic E-state index is -1.19. The molecule has 0 unspecified atom stereocenters. The Balaban J connectivity index is 3.35. The number of carbonyl (C=O) groups is 1. The van der Waals surface area contributed by atoms with E-state index < -0.39 is 8.07 Å². The lowest BCUT2D eigenvalue weighted by atomic mass is 10.1. The van der Waals surface area contributed by atoms with Crippen LogP contribution in [0.5, 0.6) is 0 Å². The number of methoxy groups -OCH3 is 1. The highest BCUT2D eigenvalue weighted by atomic mass is 28.3. The van der Waals surface area contributed by atoms with Gasteiger partial charge in [-0.05, 0) is 19.3 Å². The molecule has 0 saturated heterocycles. The Morgan fingerprint density at radius 3 is 2.35 bits per heavy atom. The smallest absolute Gasteiger partial charge is 0.305 e. The first-order valence-electron chi connectivity index (χ1n) is 7.67. The molecule has 0 aromatic rings. The summed E-state index contributed by atoms with van der Waals surface area (Å²) in [6, 6.07) is 0. The molecule has 0 aliphatic heterocycles. The number of unbranched alkanes of at least 4 members (excludes halogenated alkanes) is 5. The van der Waals surface area contributed by atoms with Crippen LogP contribution >= 0.6 is 0 Å². The van der Waals surface area contributed by atoms with Crippen molar-refractivity contribution in [2.75, 3.05) is 7.11 Å². The van der Waals surface area contributed by atoms with Crippen LogP contribution in [0.15, 0.2) is 12.2 Å². The molecule has 20 heavy (non-hydrogen) atoms. The third kappa shape index (κ3) is 15.0. The van der Waals surface area contributed by atoms with E-state index in [1.54, 1.807) is 0 Å². The van der Waals surface area contributed by atoms with Crippen molar-refractivity contribution < 1.29 is 9.53 Å². The van der Waals surface area contributed by atoms with Crippen LogP contribution in [0.4, 0.5) is 0 Å². The highest BCUT2D eigenvalue weighted by Crippen LogP contribution is 2.08. The normalized spacial score (nSPS) is 11.2. The van der Waals surface area contributed by atoms with Gasteiger partial charge in [-0.15, -0.1) is 11.5 Å². The van der Waals surface area contributed by atoms with Gasteiger partial charge in [-0.2, -0.15) is 0 Å². The van der Waals surface area contributed by atoms with Crippen LogP contribution in [0.25, 0.3) is 0 Å². The molecular formula is C17H30O2Si. The van der Waals surface area contributed by atoms with Gasteiger partial charge in [0, 0.05) is 12.8 Å². The summed E-state index contributed by atoms with van der Waals surface area (Å²) in [7, 11) is 0.257. The maximum Gasteiger partial charge on any atom is 0.305 e. The van der Waals surface area contributed by atoms with Crippen molar-refractivity contribution in [2.45, 2.75) is 71.0 Å². The third-order valence-electron chi connectivity index (χ3n) is 2.83. The molecule has 0 aromatic heterocycles. The van der Waals surface area contributed by atoms with Crippen LogP contribution in [0.2, 0.25) is 19.6 Å². The summed E-state index contributed by atoms with van der Waals surface area (Å²) in [6.07, 6.45) is 12.8. The minimum Gasteiger partial charge on any atom is -0.469 e. The Hall–Kier alpha value is -1.01. The lowest BCUT2D eigenvalue weighted by molar-refractivity contribution is -0.140. The van der Waals surface area contributed by atoms with E-state index >= 15 is 0 Å². The van der Waals surface area contributed by atoms with Crippen molar-refractivity contribution in [3.05, 3.63) is 12.2 Å². The van der Waals surface area contributed by atoms with Gasteiger partial charge in [0.1, 0.15) is 8.07 Å². The molecule has 3 heteroatoms. The third-order valence-corrected chi connectivity index (χ3v) is 3.76. The number of carbonyl (C=O) groups excluding carboxylic acids is 1. The van der Waals surface area contributed by atoms with Gasteiger partial charge < -0.3 is 4.74 Å². The summed E-state index contributed by atoms with van der Waals surface area (Å²) >= 11 is 0. The van der Waals surface area contributed by atoms with E-state index in [0.29, 0.717) is 6.42 Å². The average molecular weight is 295 g/mol. The second-order valence-electron chi connectivity index (χ2n) is 6.11. The number of esters is 1. The van der Waals surface area contributed by atoms with Gasteiger partial charge in [-0.25, -0.2) is 0 Å². The monoisotopic (exact) mass is 294 g/mol. The summed E-state index contributed by atoms with van der Waals surface area (Å²) in [4.78, 5) is 10.9. The van der Waals surface area contributed by atoms with Crippen LogP contribution in [-0.2, 0) is 9.53 Å². The van der Waals surface area contributed by atoms with Crippen LogP contribution in [0.3, 0.4) is 0 Å². The van der Waals surface area contributed by atoms with Gasteiger partial charge >= 0.3 is 5.97 Å². The molecule has 114 valence electrons. The highest BCUT2D eigenvalue weighted by molar-refractivity contribution is 6.83. The Labute approximate surface area is 126 Å². The van der Waals surface area contributed by atoms with Crippen LogP contribution in [-0.4, -0.2) is 21.2 Å². The Morgan fingerprint density at radius 1 is 1.05 bits per heavy atom. The van der Waals surface area contributed by atoms with E-state index in [0.717, 1.165) is 25.7 Å². The summed E-state index contributed by atoms with van der Waals surface area (Å²) in [5.41, 5.74) is 3.36. The number of rotatable bonds is 9. The summed E-state index contributed by atoms with van der Waals surface area (Å²) < 4.78 is 4.61. The molecule has 0 amide bonds. The maximum absolute atomic E-state index is 10.9. The SMILES string of the molecule is COC(=O)CCCCCCCC=CCC#C[Si](C)(C)C. The molecule has 0 radical (unpaired) electrons. The van der Waals surface area contributed by atoms with Gasteiger partial charge in [-0.3, -0.25) is 4.79 Å². The zero-order chi connectivity index (χ0) is 15.3. The average Bonchev–Trinajstić information content (AvgIpc) is 2.38. The largest absolute Gasteiger partial charge is 0.469 e. The maximum atomic E-state index is 10.9. The van der Waals surface area contributed by atoms with Crippen molar-refractivity contribution in [3.8, 4) is 11.5 Å². The topological polar surface area (TPSA) is 26.3 Å². The molecule has 0 aromatic carbocycles. The minimum absolute atomic E-state index is 0.0904. The van der Waals surface area contributed by atoms with E-state index in [1.165, 1.54) is 26.4 Å². The van der Waals surface area contributed by atoms with Crippen molar-refractivity contribution in [1.82, 2.24) is 0 Å². The first-order valence-corrected chi connectivity index (χ1v) is 11.2. The molecule has 0 rings (SSSR count). The molecule has 0 aliphatic carbocycles. The van der Waals surface area contributed by atoms with Crippen LogP contribution in [0, 0.1) is 11.5 Å². The standard InChI is InChI=1S/C17H30O2Si/c1-19-17(18)15-13-11-9-7-5-6-8-10-12-14-16-20(2,3)4/h8,10H,5-7,9,11-13,15H2,1-4H3. The van der Waals surface area contributed by atoms with E-state index in [-0.39, 0.29) is 5.97 Å². The van der Waals surface area contributed by atoms with Crippen molar-refractivity contribution in [3.63, 3.8) is 0 Å². The number of allylic oxidation sites excluding steroid dienone is 2. The summed E-state index contributed by atoms with van der Waals surface area (Å²) in [6.45, 7) is 6.80. The number of hydrogen-bond donors (Lipinski definition) is 0. The van der Waals surface area contributed by atoms with Gasteiger partial charge in [0.05, 0.1) is 7.11 Å². The zero-order valence-corrected chi connectivity index (χ0v) is 14.6. The second-order valence-corrected chi connectivity index (χ2v) is 10.9. The number of ether oxygens (including phenoxy) is 1. The molecule has 0 bridgehead atoms. The first kappa shape index (κ1) is 19.0. The summed E-state index contributed by atoms with van der Waals surface area (Å²) in [5.74, 6) is 3.15. The van der Waals surface area contributed by atoms with E-state index in [1.807, 2.05) is 0 Å². The van der Waals surface area contributed by atoms with E-state index in [4.69, 9.17) is 0 Å². The van der Waals surface area contributed by atoms with Crippen molar-refractivity contribution >= 4 is 14.0 Å². The molecular weight excluding hydrogens is 264 g/mol. The van der Waals surface area contributed by atoms with Gasteiger partial charge in [0.25, 0.3) is 0 Å². The molecule has 0 N–H and O–H groups in total. The van der Waals surface area contributed by atoms with Crippen molar-refractivity contribution in [2.24, 2.45) is 0 Å². The molecule has 0 heterocycles. The highest BCUT2D eigenvalue weighted by Gasteiger charge is 2.06. The fourth-order valence-electron chi connectivity index (χ4n) is 1.74. The molecule has 0 atom stereocenters. The molecule has 2 nitrogen and oxygen atoms in total. The van der Waals surface area contributed by atoms with Gasteiger partial charge in [0.2, 0.25) is 0 Å². The zero-order valence-electron chi connectivity index (χ0n) is 13.6. The molecule has 0 aliphatic rings. The predicted molar refractivity (Wildman–Crippen MR) is 89.2 cm³/mol. The molecule has 0 spiro atoms. The fourth-order valence-corrected chi connectivity index (χ4v) is 2.37. The van der Waals surface area contributed by atoms with Crippen molar-refractivity contribution in [1.29, 1.82) is 0 Å². The Morgan fingerprint density at radius 2 is 1.70 bits per heavy atom. The van der Waals surface area contributed by atoms with E-state index in [2.05, 4.69) is 48.0 Å². The Kier molecular flexibility index (Phi) is 11.2. The Bertz CT molecular complexity index is 342.